The number of nitrogens with one attached hydrogen (secondary N) is 1. The number of methoxy groups -OCH3 is 1. The molecular weight excluding hydrogens is 372 g/mol. The highest BCUT2D eigenvalue weighted by molar-refractivity contribution is 9.10. The first-order valence-electron chi connectivity index (χ1n) is 7.78. The molecule has 0 aromatic heterocycles. The van der Waals surface area contributed by atoms with Crippen molar-refractivity contribution in [3.63, 3.8) is 0 Å². The Morgan fingerprint density at radius 2 is 2.00 bits per heavy atom. The smallest absolute Gasteiger partial charge is 0.247 e. The van der Waals surface area contributed by atoms with Gasteiger partial charge in [0.15, 0.2) is 0 Å². The predicted molar refractivity (Wildman–Crippen MR) is 99.9 cm³/mol. The second-order valence-corrected chi connectivity index (χ2v) is 7.29. The van der Waals surface area contributed by atoms with Gasteiger partial charge in [-0.3, -0.25) is 9.59 Å². The van der Waals surface area contributed by atoms with Gasteiger partial charge in [0.25, 0.3) is 0 Å². The number of rotatable bonds is 6. The highest BCUT2D eigenvalue weighted by atomic mass is 79.9. The molecule has 0 saturated heterocycles. The van der Waals surface area contributed by atoms with Crippen LogP contribution < -0.4 is 10.1 Å². The zero-order valence-corrected chi connectivity index (χ0v) is 16.4. The molecule has 1 aromatic rings. The largest absolute Gasteiger partial charge is 0.496 e. The minimum atomic E-state index is -0.320. The molecule has 6 heteroatoms. The molecule has 0 saturated carbocycles. The molecule has 0 radical (unpaired) electrons. The maximum atomic E-state index is 12.3. The Balaban J connectivity index is 2.80. The Kier molecular flexibility index (Phi) is 7.48. The fourth-order valence-electron chi connectivity index (χ4n) is 2.08. The lowest BCUT2D eigenvalue weighted by Gasteiger charge is -2.24. The number of benzene rings is 1. The topological polar surface area (TPSA) is 58.6 Å². The number of carbonyl (C=O) groups excluding carboxylic acids is 2. The number of ether oxygens (including phenoxy) is 1. The molecular formula is C18H25BrN2O3. The summed E-state index contributed by atoms with van der Waals surface area (Å²) in [4.78, 5) is 25.8. The van der Waals surface area contributed by atoms with Gasteiger partial charge in [0.2, 0.25) is 11.8 Å². The summed E-state index contributed by atoms with van der Waals surface area (Å²) in [6.07, 6.45) is 3.15. The molecule has 1 rings (SSSR count). The van der Waals surface area contributed by atoms with E-state index in [-0.39, 0.29) is 23.9 Å². The summed E-state index contributed by atoms with van der Waals surface area (Å²) in [5, 5.41) is 2.86. The van der Waals surface area contributed by atoms with Crippen LogP contribution in [0.3, 0.4) is 0 Å². The fraction of sp³-hybridized carbons (Fsp3) is 0.444. The maximum absolute atomic E-state index is 12.3. The Bertz CT molecular complexity index is 621. The first-order chi connectivity index (χ1) is 11.2. The van der Waals surface area contributed by atoms with Crippen LogP contribution in [-0.2, 0) is 9.59 Å². The summed E-state index contributed by atoms with van der Waals surface area (Å²) in [5.74, 6) is 0.283. The van der Waals surface area contributed by atoms with Gasteiger partial charge in [-0.05, 0) is 52.0 Å². The van der Waals surface area contributed by atoms with Gasteiger partial charge in [-0.2, -0.15) is 0 Å². The van der Waals surface area contributed by atoms with Crippen molar-refractivity contribution in [2.45, 2.75) is 33.2 Å². The first kappa shape index (κ1) is 20.2. The van der Waals surface area contributed by atoms with Crippen molar-refractivity contribution in [2.75, 3.05) is 20.2 Å². The lowest BCUT2D eigenvalue weighted by molar-refractivity contribution is -0.132. The van der Waals surface area contributed by atoms with Crippen LogP contribution >= 0.6 is 15.9 Å². The first-order valence-corrected chi connectivity index (χ1v) is 8.57. The summed E-state index contributed by atoms with van der Waals surface area (Å²) in [6.45, 7) is 8.05. The van der Waals surface area contributed by atoms with Gasteiger partial charge in [0.1, 0.15) is 5.75 Å². The number of hydrogen-bond acceptors (Lipinski definition) is 3. The van der Waals surface area contributed by atoms with E-state index in [0.717, 1.165) is 10.0 Å². The Hall–Kier alpha value is -1.82. The van der Waals surface area contributed by atoms with Crippen molar-refractivity contribution in [2.24, 2.45) is 0 Å². The molecule has 0 atom stereocenters. The summed E-state index contributed by atoms with van der Waals surface area (Å²) in [6, 6.07) is 5.56. The normalized spacial score (nSPS) is 11.4. The van der Waals surface area contributed by atoms with Gasteiger partial charge in [-0.25, -0.2) is 0 Å². The maximum Gasteiger partial charge on any atom is 0.247 e. The lowest BCUT2D eigenvalue weighted by Crippen LogP contribution is -2.47. The Labute approximate surface area is 152 Å². The fourth-order valence-corrected chi connectivity index (χ4v) is 2.46. The van der Waals surface area contributed by atoms with E-state index >= 15 is 0 Å². The van der Waals surface area contributed by atoms with Gasteiger partial charge < -0.3 is 15.0 Å². The van der Waals surface area contributed by atoms with E-state index in [0.29, 0.717) is 12.3 Å². The molecule has 0 bridgehead atoms. The average Bonchev–Trinajstić information content (AvgIpc) is 2.48. The monoisotopic (exact) mass is 396 g/mol. The van der Waals surface area contributed by atoms with Crippen molar-refractivity contribution >= 4 is 33.8 Å². The van der Waals surface area contributed by atoms with Crippen LogP contribution in [0.25, 0.3) is 6.08 Å². The third-order valence-corrected chi connectivity index (χ3v) is 3.63. The van der Waals surface area contributed by atoms with Crippen LogP contribution in [-0.4, -0.2) is 42.5 Å². The molecule has 1 N–H and O–H groups in total. The van der Waals surface area contributed by atoms with Crippen molar-refractivity contribution in [1.82, 2.24) is 10.2 Å². The van der Waals surface area contributed by atoms with Crippen molar-refractivity contribution in [3.05, 3.63) is 34.3 Å². The van der Waals surface area contributed by atoms with E-state index in [1.165, 1.54) is 11.0 Å². The third kappa shape index (κ3) is 6.74. The SMILES string of the molecule is CCN(CC(=O)NC(C)(C)C)C(=O)/C=C/c1cc(Br)ccc1OC. The molecule has 0 heterocycles. The zero-order valence-electron chi connectivity index (χ0n) is 14.9. The van der Waals surface area contributed by atoms with E-state index in [1.807, 2.05) is 45.9 Å². The average molecular weight is 397 g/mol. The molecule has 0 spiro atoms. The predicted octanol–water partition coefficient (Wildman–Crippen LogP) is 3.23. The number of amides is 2. The molecule has 0 aliphatic heterocycles. The standard InChI is InChI=1S/C18H25BrN2O3/c1-6-21(12-16(22)20-18(2,3)4)17(23)10-7-13-11-14(19)8-9-15(13)24-5/h7-11H,6,12H2,1-5H3,(H,20,22)/b10-7+. The molecule has 1 aromatic carbocycles. The number of carbonyl (C=O) groups is 2. The van der Waals surface area contributed by atoms with Crippen LogP contribution in [0.4, 0.5) is 0 Å². The Morgan fingerprint density at radius 3 is 2.54 bits per heavy atom. The summed E-state index contributed by atoms with van der Waals surface area (Å²) >= 11 is 3.40. The van der Waals surface area contributed by atoms with E-state index in [9.17, 15) is 9.59 Å². The Morgan fingerprint density at radius 1 is 1.33 bits per heavy atom. The molecule has 2 amide bonds. The summed E-state index contributed by atoms with van der Waals surface area (Å²) < 4.78 is 6.17. The van der Waals surface area contributed by atoms with E-state index in [1.54, 1.807) is 13.2 Å². The van der Waals surface area contributed by atoms with Crippen molar-refractivity contribution < 1.29 is 14.3 Å². The number of halogens is 1. The van der Waals surface area contributed by atoms with E-state index in [4.69, 9.17) is 4.74 Å². The van der Waals surface area contributed by atoms with Gasteiger partial charge in [-0.1, -0.05) is 15.9 Å². The second kappa shape index (κ2) is 8.87. The molecule has 24 heavy (non-hydrogen) atoms. The molecule has 0 unspecified atom stereocenters. The van der Waals surface area contributed by atoms with Crippen LogP contribution in [0.2, 0.25) is 0 Å². The third-order valence-electron chi connectivity index (χ3n) is 3.14. The lowest BCUT2D eigenvalue weighted by atomic mass is 10.1. The van der Waals surface area contributed by atoms with E-state index in [2.05, 4.69) is 21.2 Å². The van der Waals surface area contributed by atoms with E-state index < -0.39 is 0 Å². The molecule has 5 nitrogen and oxygen atoms in total. The summed E-state index contributed by atoms with van der Waals surface area (Å²) in [5.41, 5.74) is 0.467. The minimum Gasteiger partial charge on any atom is -0.496 e. The highest BCUT2D eigenvalue weighted by Crippen LogP contribution is 2.24. The minimum absolute atomic E-state index is 0.0343. The van der Waals surface area contributed by atoms with Gasteiger partial charge in [-0.15, -0.1) is 0 Å². The molecule has 0 aliphatic rings. The highest BCUT2D eigenvalue weighted by Gasteiger charge is 2.18. The number of hydrogen-bond donors (Lipinski definition) is 1. The summed E-state index contributed by atoms with van der Waals surface area (Å²) in [7, 11) is 1.58. The van der Waals surface area contributed by atoms with Crippen LogP contribution in [0.5, 0.6) is 5.75 Å². The number of nitrogens with zero attached hydrogens (tertiary/aromatic N) is 1. The van der Waals surface area contributed by atoms with Crippen molar-refractivity contribution in [3.8, 4) is 5.75 Å². The van der Waals surface area contributed by atoms with Gasteiger partial charge in [0, 0.05) is 28.2 Å². The van der Waals surface area contributed by atoms with Crippen molar-refractivity contribution in [1.29, 1.82) is 0 Å². The quantitative estimate of drug-likeness (QED) is 0.750. The van der Waals surface area contributed by atoms with Gasteiger partial charge in [0.05, 0.1) is 13.7 Å². The molecule has 0 aliphatic carbocycles. The van der Waals surface area contributed by atoms with Gasteiger partial charge >= 0.3 is 0 Å². The van der Waals surface area contributed by atoms with Crippen LogP contribution in [0.15, 0.2) is 28.7 Å². The second-order valence-electron chi connectivity index (χ2n) is 6.37. The van der Waals surface area contributed by atoms with Crippen LogP contribution in [0.1, 0.15) is 33.3 Å². The zero-order chi connectivity index (χ0) is 18.3. The molecule has 0 fully saturated rings. The van der Waals surface area contributed by atoms with Crippen LogP contribution in [0, 0.1) is 0 Å². The number of likely N-dealkylation sites (N-methyl/N-ethyl adjacent to an activating group) is 1. The molecule has 132 valence electrons.